The van der Waals surface area contributed by atoms with Gasteiger partial charge in [-0.2, -0.15) is 0 Å². The van der Waals surface area contributed by atoms with Crippen molar-refractivity contribution >= 4 is 27.8 Å². The number of thioether (sulfide) groups is 1. The third-order valence-electron chi connectivity index (χ3n) is 2.51. The summed E-state index contributed by atoms with van der Waals surface area (Å²) in [5, 5.41) is 9.35. The Morgan fingerprint density at radius 3 is 2.80 bits per heavy atom. The van der Waals surface area contributed by atoms with Crippen molar-refractivity contribution < 1.29 is 18.3 Å². The van der Waals surface area contributed by atoms with E-state index in [-0.39, 0.29) is 5.75 Å². The maximum absolute atomic E-state index is 11.0. The molecule has 0 unspecified atom stereocenters. The van der Waals surface area contributed by atoms with Crippen LogP contribution in [0.25, 0.3) is 0 Å². The minimum Gasteiger partial charge on any atom is -0.481 e. The van der Waals surface area contributed by atoms with Gasteiger partial charge in [0.25, 0.3) is 0 Å². The maximum atomic E-state index is 11.0. The molecule has 0 atom stereocenters. The first-order valence-electron chi connectivity index (χ1n) is 6.17. The number of aliphatic carboxylic acids is 1. The van der Waals surface area contributed by atoms with Crippen molar-refractivity contribution in [2.24, 2.45) is 0 Å². The molecule has 0 aliphatic carbocycles. The third kappa shape index (κ3) is 5.93. The predicted octanol–water partition coefficient (Wildman–Crippen LogP) is 0.561. The van der Waals surface area contributed by atoms with Gasteiger partial charge < -0.3 is 9.67 Å². The summed E-state index contributed by atoms with van der Waals surface area (Å²) < 4.78 is 26.3. The normalized spacial score (nSPS) is 11.7. The number of imidazole rings is 1. The lowest BCUT2D eigenvalue weighted by Gasteiger charge is -2.10. The summed E-state index contributed by atoms with van der Waals surface area (Å²) in [7, 11) is -3.17. The Labute approximate surface area is 122 Å². The molecular weight excluding hydrogens is 302 g/mol. The molecule has 0 aliphatic heterocycles. The van der Waals surface area contributed by atoms with Crippen molar-refractivity contribution in [3.8, 4) is 0 Å². The van der Waals surface area contributed by atoms with Crippen LogP contribution in [0, 0.1) is 0 Å². The van der Waals surface area contributed by atoms with Crippen LogP contribution in [0.3, 0.4) is 0 Å². The first-order chi connectivity index (χ1) is 9.33. The van der Waals surface area contributed by atoms with E-state index in [1.54, 1.807) is 6.20 Å². The van der Waals surface area contributed by atoms with E-state index in [0.717, 1.165) is 18.4 Å². The van der Waals surface area contributed by atoms with E-state index in [1.807, 2.05) is 11.5 Å². The zero-order chi connectivity index (χ0) is 15.2. The fourth-order valence-electron chi connectivity index (χ4n) is 1.65. The largest absolute Gasteiger partial charge is 0.481 e. The number of carboxylic acids is 1. The van der Waals surface area contributed by atoms with Crippen molar-refractivity contribution in [2.45, 2.75) is 31.5 Å². The summed E-state index contributed by atoms with van der Waals surface area (Å²) >= 11 is 1.17. The van der Waals surface area contributed by atoms with Crippen LogP contribution in [0.5, 0.6) is 0 Å². The lowest BCUT2D eigenvalue weighted by Crippen LogP contribution is -2.24. The number of aryl methyl sites for hydroxylation is 1. The third-order valence-corrected chi connectivity index (χ3v) is 4.22. The lowest BCUT2D eigenvalue weighted by atomic mass is 10.3. The van der Waals surface area contributed by atoms with Crippen molar-refractivity contribution in [1.82, 2.24) is 14.3 Å². The highest BCUT2D eigenvalue weighted by molar-refractivity contribution is 7.99. The minimum absolute atomic E-state index is 0.0399. The zero-order valence-electron chi connectivity index (χ0n) is 11.5. The Morgan fingerprint density at radius 1 is 1.55 bits per heavy atom. The summed E-state index contributed by atoms with van der Waals surface area (Å²) in [6.45, 7) is 2.95. The molecule has 1 aromatic heterocycles. The van der Waals surface area contributed by atoms with Gasteiger partial charge in [-0.05, 0) is 12.8 Å². The van der Waals surface area contributed by atoms with Crippen LogP contribution in [0.2, 0.25) is 0 Å². The topological polar surface area (TPSA) is 101 Å². The van der Waals surface area contributed by atoms with Gasteiger partial charge in [-0.15, -0.1) is 0 Å². The van der Waals surface area contributed by atoms with Gasteiger partial charge >= 0.3 is 5.97 Å². The number of nitrogens with zero attached hydrogens (tertiary/aromatic N) is 2. The fraction of sp³-hybridized carbons (Fsp3) is 0.636. The second-order valence-electron chi connectivity index (χ2n) is 4.24. The summed E-state index contributed by atoms with van der Waals surface area (Å²) in [5.41, 5.74) is 1.01. The molecule has 0 amide bonds. The molecule has 0 aliphatic rings. The maximum Gasteiger partial charge on any atom is 0.313 e. The number of hydrogen-bond donors (Lipinski definition) is 2. The van der Waals surface area contributed by atoms with Gasteiger partial charge in [0.05, 0.1) is 12.0 Å². The zero-order valence-corrected chi connectivity index (χ0v) is 13.1. The van der Waals surface area contributed by atoms with Gasteiger partial charge in [-0.1, -0.05) is 18.7 Å². The Morgan fingerprint density at radius 2 is 2.25 bits per heavy atom. The van der Waals surface area contributed by atoms with Crippen LogP contribution < -0.4 is 4.72 Å². The predicted molar refractivity (Wildman–Crippen MR) is 77.4 cm³/mol. The first kappa shape index (κ1) is 17.0. The molecule has 1 heterocycles. The smallest absolute Gasteiger partial charge is 0.313 e. The average molecular weight is 321 g/mol. The van der Waals surface area contributed by atoms with Gasteiger partial charge in [-0.25, -0.2) is 18.1 Å². The second-order valence-corrected chi connectivity index (χ2v) is 7.02. The number of carbonyl (C=O) groups is 1. The summed E-state index contributed by atoms with van der Waals surface area (Å²) in [4.78, 5) is 14.8. The first-order valence-corrected chi connectivity index (χ1v) is 9.04. The summed E-state index contributed by atoms with van der Waals surface area (Å²) in [6, 6.07) is 0. The van der Waals surface area contributed by atoms with Gasteiger partial charge in [-0.3, -0.25) is 4.79 Å². The van der Waals surface area contributed by atoms with Crippen molar-refractivity contribution in [3.63, 3.8) is 0 Å². The van der Waals surface area contributed by atoms with E-state index < -0.39 is 16.0 Å². The molecule has 0 radical (unpaired) electrons. The van der Waals surface area contributed by atoms with Crippen LogP contribution in [0.4, 0.5) is 0 Å². The number of nitrogens with one attached hydrogen (secondary N) is 1. The van der Waals surface area contributed by atoms with Gasteiger partial charge in [0, 0.05) is 25.0 Å². The fourth-order valence-corrected chi connectivity index (χ4v) is 2.91. The number of hydrogen-bond acceptors (Lipinski definition) is 5. The van der Waals surface area contributed by atoms with E-state index in [2.05, 4.69) is 9.71 Å². The Hall–Kier alpha value is -1.06. The molecule has 0 fully saturated rings. The lowest BCUT2D eigenvalue weighted by molar-refractivity contribution is -0.133. The van der Waals surface area contributed by atoms with E-state index in [9.17, 15) is 13.2 Å². The van der Waals surface area contributed by atoms with Crippen LogP contribution in [0.1, 0.15) is 19.0 Å². The van der Waals surface area contributed by atoms with Gasteiger partial charge in [0.15, 0.2) is 5.16 Å². The Bertz CT molecular complexity index is 554. The summed E-state index contributed by atoms with van der Waals surface area (Å²) in [5.74, 6) is -0.928. The highest BCUT2D eigenvalue weighted by Crippen LogP contribution is 2.19. The molecule has 0 bridgehead atoms. The van der Waals surface area contributed by atoms with Gasteiger partial charge in [0.1, 0.15) is 0 Å². The number of carboxylic acid groups (broad SMARTS) is 1. The molecule has 7 nitrogen and oxygen atoms in total. The molecule has 20 heavy (non-hydrogen) atoms. The highest BCUT2D eigenvalue weighted by Gasteiger charge is 2.11. The Kier molecular flexibility index (Phi) is 6.50. The quantitative estimate of drug-likeness (QED) is 0.509. The SMILES string of the molecule is CCc1cnc(SCC(=O)O)n1CCCNS(C)(=O)=O. The van der Waals surface area contributed by atoms with Crippen molar-refractivity contribution in [3.05, 3.63) is 11.9 Å². The standard InChI is InChI=1S/C11H19N3O4S2/c1-3-9-7-12-11(19-8-10(15)16)14(9)6-4-5-13-20(2,17)18/h7,13H,3-6,8H2,1-2H3,(H,15,16). The molecule has 9 heteroatoms. The molecule has 0 aromatic carbocycles. The Balaban J connectivity index is 2.61. The molecule has 0 spiro atoms. The monoisotopic (exact) mass is 321 g/mol. The van der Waals surface area contributed by atoms with Crippen LogP contribution in [-0.2, 0) is 27.8 Å². The number of sulfonamides is 1. The van der Waals surface area contributed by atoms with Crippen molar-refractivity contribution in [1.29, 1.82) is 0 Å². The number of rotatable bonds is 9. The average Bonchev–Trinajstić information content (AvgIpc) is 2.73. The molecule has 114 valence electrons. The van der Waals surface area contributed by atoms with Crippen LogP contribution >= 0.6 is 11.8 Å². The van der Waals surface area contributed by atoms with Crippen LogP contribution in [0.15, 0.2) is 11.4 Å². The van der Waals surface area contributed by atoms with E-state index in [1.165, 1.54) is 11.8 Å². The molecule has 0 saturated heterocycles. The van der Waals surface area contributed by atoms with Crippen LogP contribution in [-0.4, -0.2) is 47.6 Å². The van der Waals surface area contributed by atoms with E-state index in [0.29, 0.717) is 24.7 Å². The highest BCUT2D eigenvalue weighted by atomic mass is 32.2. The van der Waals surface area contributed by atoms with Crippen molar-refractivity contribution in [2.75, 3.05) is 18.6 Å². The molecule has 1 rings (SSSR count). The minimum atomic E-state index is -3.17. The molecule has 1 aromatic rings. The molecule has 2 N–H and O–H groups in total. The summed E-state index contributed by atoms with van der Waals surface area (Å²) in [6.07, 6.45) is 4.27. The van der Waals surface area contributed by atoms with E-state index in [4.69, 9.17) is 5.11 Å². The number of aromatic nitrogens is 2. The van der Waals surface area contributed by atoms with E-state index >= 15 is 0 Å². The molecule has 0 saturated carbocycles. The van der Waals surface area contributed by atoms with Gasteiger partial charge in [0.2, 0.25) is 10.0 Å². The molecular formula is C11H19N3O4S2. The second kappa shape index (κ2) is 7.65.